The maximum Gasteiger partial charge on any atom is 0.387 e. The van der Waals surface area contributed by atoms with Crippen molar-refractivity contribution in [2.75, 3.05) is 59.2 Å². The van der Waals surface area contributed by atoms with Crippen LogP contribution in [0, 0.1) is 0 Å². The average Bonchev–Trinajstić information content (AvgIpc) is 3.30. The third-order valence-corrected chi connectivity index (χ3v) is 9.72. The number of halogens is 2. The summed E-state index contributed by atoms with van der Waals surface area (Å²) >= 11 is 1.41. The molecule has 2 fully saturated rings. The summed E-state index contributed by atoms with van der Waals surface area (Å²) in [5, 5.41) is 0.694. The van der Waals surface area contributed by atoms with Crippen LogP contribution in [0.4, 0.5) is 8.78 Å². The molecule has 2 aromatic carbocycles. The van der Waals surface area contributed by atoms with E-state index in [0.717, 1.165) is 44.8 Å². The van der Waals surface area contributed by atoms with Gasteiger partial charge in [-0.1, -0.05) is 30.0 Å². The number of nitrogens with zero attached hydrogens (tertiary/aromatic N) is 4. The van der Waals surface area contributed by atoms with E-state index in [4.69, 9.17) is 19.2 Å². The summed E-state index contributed by atoms with van der Waals surface area (Å²) in [6.45, 7) is 3.32. The van der Waals surface area contributed by atoms with E-state index in [0.29, 0.717) is 54.8 Å². The van der Waals surface area contributed by atoms with Gasteiger partial charge >= 0.3 is 6.61 Å². The maximum atomic E-state index is 13.2. The highest BCUT2D eigenvalue weighted by atomic mass is 32.2. The summed E-state index contributed by atoms with van der Waals surface area (Å²) < 4.78 is 71.3. The van der Waals surface area contributed by atoms with E-state index >= 15 is 0 Å². The van der Waals surface area contributed by atoms with Crippen LogP contribution in [0.5, 0.6) is 5.75 Å². The first-order valence-electron chi connectivity index (χ1n) is 13.0. The zero-order valence-electron chi connectivity index (χ0n) is 21.5. The minimum absolute atomic E-state index is 0.133. The number of sulfonamides is 1. The fourth-order valence-corrected chi connectivity index (χ4v) is 7.22. The molecule has 212 valence electrons. The van der Waals surface area contributed by atoms with E-state index in [9.17, 15) is 17.2 Å². The molecule has 3 aromatic rings. The third-order valence-electron chi connectivity index (χ3n) is 6.80. The Kier molecular flexibility index (Phi) is 9.36. The highest BCUT2D eigenvalue weighted by Gasteiger charge is 2.27. The largest absolute Gasteiger partial charge is 0.435 e. The van der Waals surface area contributed by atoms with Crippen LogP contribution in [-0.4, -0.2) is 92.9 Å². The van der Waals surface area contributed by atoms with Crippen LogP contribution in [-0.2, 0) is 31.8 Å². The Labute approximate surface area is 231 Å². The Balaban J connectivity index is 1.40. The zero-order valence-corrected chi connectivity index (χ0v) is 23.1. The van der Waals surface area contributed by atoms with E-state index in [1.54, 1.807) is 30.3 Å². The van der Waals surface area contributed by atoms with Crippen molar-refractivity contribution in [3.8, 4) is 5.75 Å². The van der Waals surface area contributed by atoms with Gasteiger partial charge in [0.2, 0.25) is 10.0 Å². The average molecular weight is 583 g/mol. The summed E-state index contributed by atoms with van der Waals surface area (Å²) in [6.07, 6.45) is 0.873. The van der Waals surface area contributed by atoms with Crippen molar-refractivity contribution in [3.63, 3.8) is 0 Å². The molecule has 0 unspecified atom stereocenters. The van der Waals surface area contributed by atoms with Crippen molar-refractivity contribution < 1.29 is 31.4 Å². The second-order valence-electron chi connectivity index (χ2n) is 9.30. The number of thioether (sulfide) groups is 1. The van der Waals surface area contributed by atoms with Gasteiger partial charge in [-0.05, 0) is 30.7 Å². The molecule has 0 N–H and O–H groups in total. The molecule has 0 amide bonds. The molecule has 2 aliphatic rings. The molecule has 9 nitrogen and oxygen atoms in total. The van der Waals surface area contributed by atoms with Gasteiger partial charge in [-0.15, -0.1) is 0 Å². The predicted octanol–water partition coefficient (Wildman–Crippen LogP) is 3.67. The summed E-state index contributed by atoms with van der Waals surface area (Å²) in [4.78, 5) is 7.36. The van der Waals surface area contributed by atoms with Crippen LogP contribution in [0.1, 0.15) is 12.0 Å². The molecule has 39 heavy (non-hydrogen) atoms. The van der Waals surface area contributed by atoms with Gasteiger partial charge in [0.05, 0.1) is 42.4 Å². The lowest BCUT2D eigenvalue weighted by Gasteiger charge is -2.26. The Morgan fingerprint density at radius 2 is 1.69 bits per heavy atom. The van der Waals surface area contributed by atoms with Crippen molar-refractivity contribution in [3.05, 3.63) is 48.0 Å². The highest BCUT2D eigenvalue weighted by Crippen LogP contribution is 2.32. The molecule has 0 radical (unpaired) electrons. The van der Waals surface area contributed by atoms with Gasteiger partial charge in [0.25, 0.3) is 0 Å². The lowest BCUT2D eigenvalue weighted by atomic mass is 10.2. The Morgan fingerprint density at radius 3 is 2.44 bits per heavy atom. The fourth-order valence-electron chi connectivity index (χ4n) is 4.76. The number of hydrogen-bond acceptors (Lipinski definition) is 8. The first-order chi connectivity index (χ1) is 18.9. The number of rotatable bonds is 11. The summed E-state index contributed by atoms with van der Waals surface area (Å²) in [5.41, 5.74) is 2.04. The van der Waals surface area contributed by atoms with Gasteiger partial charge in [-0.2, -0.15) is 13.1 Å². The van der Waals surface area contributed by atoms with Gasteiger partial charge in [-0.3, -0.25) is 4.90 Å². The van der Waals surface area contributed by atoms with Crippen LogP contribution in [0.3, 0.4) is 0 Å². The quantitative estimate of drug-likeness (QED) is 0.317. The lowest BCUT2D eigenvalue weighted by Crippen LogP contribution is -2.40. The number of imidazole rings is 1. The molecule has 13 heteroatoms. The van der Waals surface area contributed by atoms with Crippen LogP contribution in [0.25, 0.3) is 11.0 Å². The molecule has 2 aliphatic heterocycles. The second kappa shape index (κ2) is 12.9. The predicted molar refractivity (Wildman–Crippen MR) is 144 cm³/mol. The summed E-state index contributed by atoms with van der Waals surface area (Å²) in [7, 11) is -3.67. The molecule has 5 rings (SSSR count). The SMILES string of the molecule is O=S(=O)(c1ccc2c(c1)nc(SCc1ccccc1OC(F)F)n2CCCN1CCOCC1)N1CCOCC1. The second-order valence-corrected chi connectivity index (χ2v) is 12.2. The number of fused-ring (bicyclic) bond motifs is 1. The monoisotopic (exact) mass is 582 g/mol. The Hall–Kier alpha value is -2.29. The number of para-hydroxylation sites is 1. The van der Waals surface area contributed by atoms with Crippen molar-refractivity contribution in [2.45, 2.75) is 35.4 Å². The minimum atomic E-state index is -3.67. The van der Waals surface area contributed by atoms with E-state index < -0.39 is 16.6 Å². The van der Waals surface area contributed by atoms with E-state index in [-0.39, 0.29) is 10.6 Å². The Bertz CT molecular complexity index is 1360. The number of benzene rings is 2. The molecular weight excluding hydrogens is 550 g/mol. The topological polar surface area (TPSA) is 86.1 Å². The number of aryl methyl sites for hydroxylation is 1. The van der Waals surface area contributed by atoms with E-state index in [1.807, 2.05) is 6.07 Å². The molecule has 3 heterocycles. The molecule has 0 bridgehead atoms. The summed E-state index contributed by atoms with van der Waals surface area (Å²) in [6, 6.07) is 11.8. The molecule has 0 atom stereocenters. The number of aromatic nitrogens is 2. The molecule has 2 saturated heterocycles. The highest BCUT2D eigenvalue weighted by molar-refractivity contribution is 7.98. The van der Waals surface area contributed by atoms with Crippen molar-refractivity contribution >= 4 is 32.8 Å². The number of ether oxygens (including phenoxy) is 3. The van der Waals surface area contributed by atoms with Gasteiger partial charge in [0.15, 0.2) is 5.16 Å². The Morgan fingerprint density at radius 1 is 0.974 bits per heavy atom. The minimum Gasteiger partial charge on any atom is -0.435 e. The van der Waals surface area contributed by atoms with Crippen LogP contribution in [0.2, 0.25) is 0 Å². The molecule has 0 spiro atoms. The van der Waals surface area contributed by atoms with Gasteiger partial charge < -0.3 is 18.8 Å². The van der Waals surface area contributed by atoms with Crippen molar-refractivity contribution in [1.29, 1.82) is 0 Å². The van der Waals surface area contributed by atoms with Gasteiger partial charge in [0, 0.05) is 50.6 Å². The molecule has 1 aromatic heterocycles. The molecule has 0 saturated carbocycles. The van der Waals surface area contributed by atoms with Gasteiger partial charge in [-0.25, -0.2) is 13.4 Å². The van der Waals surface area contributed by atoms with E-state index in [1.165, 1.54) is 22.1 Å². The van der Waals surface area contributed by atoms with Crippen LogP contribution in [0.15, 0.2) is 52.5 Å². The van der Waals surface area contributed by atoms with E-state index in [2.05, 4.69) is 9.47 Å². The van der Waals surface area contributed by atoms with Crippen LogP contribution >= 0.6 is 11.8 Å². The smallest absolute Gasteiger partial charge is 0.387 e. The normalized spacial score (nSPS) is 17.7. The van der Waals surface area contributed by atoms with Crippen molar-refractivity contribution in [1.82, 2.24) is 18.8 Å². The summed E-state index contributed by atoms with van der Waals surface area (Å²) in [5.74, 6) is 0.503. The standard InChI is InChI=1S/C26H32F2N4O5S2/c27-25(28)37-24-5-2-1-4-20(24)19-38-26-29-22-18-21(39(33,34)31-12-16-36-17-13-31)6-7-23(22)32(26)9-3-8-30-10-14-35-15-11-30/h1-2,4-7,18,25H,3,8-17,19H2. The number of morpholine rings is 2. The fraction of sp³-hybridized carbons (Fsp3) is 0.500. The third kappa shape index (κ3) is 6.90. The first kappa shape index (κ1) is 28.2. The van der Waals surface area contributed by atoms with Crippen molar-refractivity contribution in [2.24, 2.45) is 0 Å². The number of hydrogen-bond donors (Lipinski definition) is 0. The lowest BCUT2D eigenvalue weighted by molar-refractivity contribution is -0.0503. The molecular formula is C26H32F2N4O5S2. The van der Waals surface area contributed by atoms with Gasteiger partial charge in [0.1, 0.15) is 5.75 Å². The first-order valence-corrected chi connectivity index (χ1v) is 15.4. The maximum absolute atomic E-state index is 13.2. The number of alkyl halides is 2. The molecule has 0 aliphatic carbocycles. The van der Waals surface area contributed by atoms with Crippen LogP contribution < -0.4 is 4.74 Å². The zero-order chi connectivity index (χ0) is 27.2.